The molecule has 1 atom stereocenters. The summed E-state index contributed by atoms with van der Waals surface area (Å²) >= 11 is 2.27. The topological polar surface area (TPSA) is 20.2 Å². The molecule has 60 valence electrons. The second kappa shape index (κ2) is 3.54. The van der Waals surface area contributed by atoms with Gasteiger partial charge in [-0.15, -0.1) is 0 Å². The van der Waals surface area contributed by atoms with Crippen molar-refractivity contribution in [3.05, 3.63) is 32.9 Å². The van der Waals surface area contributed by atoms with E-state index in [4.69, 9.17) is 0 Å². The summed E-state index contributed by atoms with van der Waals surface area (Å²) in [6.45, 7) is 3.84. The molecule has 0 aliphatic carbocycles. The molecule has 0 saturated carbocycles. The maximum Gasteiger partial charge on any atom is 0.0762 e. The summed E-state index contributed by atoms with van der Waals surface area (Å²) < 4.78 is 1.21. The Hall–Kier alpha value is -0.0900. The third kappa shape index (κ3) is 2.17. The van der Waals surface area contributed by atoms with E-state index in [1.165, 1.54) is 9.13 Å². The van der Waals surface area contributed by atoms with Gasteiger partial charge in [0.25, 0.3) is 0 Å². The fourth-order valence-electron chi connectivity index (χ4n) is 0.869. The molecule has 0 aromatic heterocycles. The summed E-state index contributed by atoms with van der Waals surface area (Å²) in [7, 11) is 0. The van der Waals surface area contributed by atoms with E-state index in [1.54, 1.807) is 6.92 Å². The number of hydrogen-bond donors (Lipinski definition) is 1. The highest BCUT2D eigenvalue weighted by Gasteiger charge is 2.01. The lowest BCUT2D eigenvalue weighted by Gasteiger charge is -2.05. The Balaban J connectivity index is 3.05. The van der Waals surface area contributed by atoms with E-state index in [-0.39, 0.29) is 6.10 Å². The van der Waals surface area contributed by atoms with Crippen LogP contribution in [0, 0.1) is 10.5 Å². The molecular weight excluding hydrogens is 251 g/mol. The molecule has 0 radical (unpaired) electrons. The minimum Gasteiger partial charge on any atom is -0.389 e. The highest BCUT2D eigenvalue weighted by Crippen LogP contribution is 2.18. The molecule has 11 heavy (non-hydrogen) atoms. The van der Waals surface area contributed by atoms with Crippen molar-refractivity contribution in [3.8, 4) is 0 Å². The van der Waals surface area contributed by atoms with Crippen molar-refractivity contribution in [2.75, 3.05) is 0 Å². The van der Waals surface area contributed by atoms with Gasteiger partial charge in [0, 0.05) is 3.57 Å². The largest absolute Gasteiger partial charge is 0.389 e. The standard InChI is InChI=1S/C9H11IO/c1-6-3-4-8(7(2)11)5-9(6)10/h3-5,7,11H,1-2H3. The minimum absolute atomic E-state index is 0.357. The maximum absolute atomic E-state index is 9.24. The molecule has 1 aromatic rings. The number of aryl methyl sites for hydroxylation is 1. The molecule has 0 heterocycles. The van der Waals surface area contributed by atoms with Gasteiger partial charge in [-0.25, -0.2) is 0 Å². The zero-order chi connectivity index (χ0) is 8.43. The summed E-state index contributed by atoms with van der Waals surface area (Å²) in [6, 6.07) is 6.01. The van der Waals surface area contributed by atoms with Gasteiger partial charge in [0.05, 0.1) is 6.10 Å². The van der Waals surface area contributed by atoms with Crippen LogP contribution in [0.3, 0.4) is 0 Å². The molecule has 1 rings (SSSR count). The van der Waals surface area contributed by atoms with Gasteiger partial charge < -0.3 is 5.11 Å². The first-order valence-electron chi connectivity index (χ1n) is 3.55. The van der Waals surface area contributed by atoms with Crippen LogP contribution in [0.25, 0.3) is 0 Å². The molecule has 0 spiro atoms. The molecule has 1 N–H and O–H groups in total. The van der Waals surface area contributed by atoms with E-state index in [0.29, 0.717) is 0 Å². The van der Waals surface area contributed by atoms with Crippen LogP contribution in [0.15, 0.2) is 18.2 Å². The molecule has 1 nitrogen and oxygen atoms in total. The Labute approximate surface area is 80.6 Å². The van der Waals surface area contributed by atoms with Crippen LogP contribution in [-0.4, -0.2) is 5.11 Å². The fraction of sp³-hybridized carbons (Fsp3) is 0.333. The molecule has 1 unspecified atom stereocenters. The predicted molar refractivity (Wildman–Crippen MR) is 54.5 cm³/mol. The van der Waals surface area contributed by atoms with Crippen LogP contribution in [0.2, 0.25) is 0 Å². The first-order chi connectivity index (χ1) is 5.11. The SMILES string of the molecule is Cc1ccc(C(C)O)cc1I. The Bertz CT molecular complexity index is 256. The maximum atomic E-state index is 9.24. The fourth-order valence-corrected chi connectivity index (χ4v) is 1.41. The van der Waals surface area contributed by atoms with Gasteiger partial charge in [0.15, 0.2) is 0 Å². The average molecular weight is 262 g/mol. The number of aliphatic hydroxyl groups is 1. The second-order valence-corrected chi connectivity index (χ2v) is 3.85. The monoisotopic (exact) mass is 262 g/mol. The molecule has 0 saturated heterocycles. The van der Waals surface area contributed by atoms with Crippen LogP contribution >= 0.6 is 22.6 Å². The van der Waals surface area contributed by atoms with Crippen molar-refractivity contribution in [2.24, 2.45) is 0 Å². The van der Waals surface area contributed by atoms with Crippen LogP contribution in [0.1, 0.15) is 24.2 Å². The molecule has 0 aliphatic heterocycles. The zero-order valence-electron chi connectivity index (χ0n) is 6.63. The molecular formula is C9H11IO. The quantitative estimate of drug-likeness (QED) is 0.771. The first-order valence-corrected chi connectivity index (χ1v) is 4.63. The van der Waals surface area contributed by atoms with E-state index < -0.39 is 0 Å². The van der Waals surface area contributed by atoms with E-state index in [2.05, 4.69) is 29.5 Å². The van der Waals surface area contributed by atoms with Gasteiger partial charge in [0.2, 0.25) is 0 Å². The Morgan fingerprint density at radius 3 is 2.55 bits per heavy atom. The zero-order valence-corrected chi connectivity index (χ0v) is 8.79. The summed E-state index contributed by atoms with van der Waals surface area (Å²) in [6.07, 6.45) is -0.357. The van der Waals surface area contributed by atoms with Crippen molar-refractivity contribution in [3.63, 3.8) is 0 Å². The summed E-state index contributed by atoms with van der Waals surface area (Å²) in [5.41, 5.74) is 2.25. The highest BCUT2D eigenvalue weighted by atomic mass is 127. The third-order valence-corrected chi connectivity index (χ3v) is 2.84. The van der Waals surface area contributed by atoms with Crippen molar-refractivity contribution in [1.82, 2.24) is 0 Å². The van der Waals surface area contributed by atoms with Crippen LogP contribution in [-0.2, 0) is 0 Å². The number of halogens is 1. The summed E-state index contributed by atoms with van der Waals surface area (Å²) in [5.74, 6) is 0. The Morgan fingerprint density at radius 2 is 2.09 bits per heavy atom. The van der Waals surface area contributed by atoms with Gasteiger partial charge in [-0.2, -0.15) is 0 Å². The van der Waals surface area contributed by atoms with E-state index >= 15 is 0 Å². The Kier molecular flexibility index (Phi) is 2.90. The number of rotatable bonds is 1. The lowest BCUT2D eigenvalue weighted by Crippen LogP contribution is -1.92. The van der Waals surface area contributed by atoms with Crippen molar-refractivity contribution in [2.45, 2.75) is 20.0 Å². The highest BCUT2D eigenvalue weighted by molar-refractivity contribution is 14.1. The smallest absolute Gasteiger partial charge is 0.0762 e. The van der Waals surface area contributed by atoms with Crippen molar-refractivity contribution < 1.29 is 5.11 Å². The third-order valence-electron chi connectivity index (χ3n) is 1.68. The van der Waals surface area contributed by atoms with Gasteiger partial charge in [-0.1, -0.05) is 12.1 Å². The summed E-state index contributed by atoms with van der Waals surface area (Å²) in [5, 5.41) is 9.24. The van der Waals surface area contributed by atoms with Crippen LogP contribution in [0.4, 0.5) is 0 Å². The first kappa shape index (κ1) is 9.00. The summed E-state index contributed by atoms with van der Waals surface area (Å²) in [4.78, 5) is 0. The number of benzene rings is 1. The predicted octanol–water partition coefficient (Wildman–Crippen LogP) is 2.65. The van der Waals surface area contributed by atoms with E-state index in [1.807, 2.05) is 18.2 Å². The minimum atomic E-state index is -0.357. The van der Waals surface area contributed by atoms with Crippen LogP contribution in [0.5, 0.6) is 0 Å². The average Bonchev–Trinajstić information content (AvgIpc) is 1.94. The lowest BCUT2D eigenvalue weighted by molar-refractivity contribution is 0.199. The molecule has 0 bridgehead atoms. The van der Waals surface area contributed by atoms with Gasteiger partial charge in [-0.05, 0) is 53.6 Å². The molecule has 2 heteroatoms. The molecule has 0 amide bonds. The molecule has 0 aliphatic rings. The number of aliphatic hydroxyl groups excluding tert-OH is 1. The van der Waals surface area contributed by atoms with Gasteiger partial charge in [-0.3, -0.25) is 0 Å². The lowest BCUT2D eigenvalue weighted by atomic mass is 10.1. The normalized spacial score (nSPS) is 13.1. The van der Waals surface area contributed by atoms with Crippen molar-refractivity contribution in [1.29, 1.82) is 0 Å². The number of hydrogen-bond acceptors (Lipinski definition) is 1. The molecule has 1 aromatic carbocycles. The van der Waals surface area contributed by atoms with E-state index in [9.17, 15) is 5.11 Å². The van der Waals surface area contributed by atoms with Gasteiger partial charge >= 0.3 is 0 Å². The van der Waals surface area contributed by atoms with Crippen molar-refractivity contribution >= 4 is 22.6 Å². The molecule has 0 fully saturated rings. The van der Waals surface area contributed by atoms with Gasteiger partial charge in [0.1, 0.15) is 0 Å². The second-order valence-electron chi connectivity index (χ2n) is 2.68. The Morgan fingerprint density at radius 1 is 1.45 bits per heavy atom. The van der Waals surface area contributed by atoms with E-state index in [0.717, 1.165) is 5.56 Å². The van der Waals surface area contributed by atoms with Crippen LogP contribution < -0.4 is 0 Å².